The average Bonchev–Trinajstić information content (AvgIpc) is 2.47. The van der Waals surface area contributed by atoms with Gasteiger partial charge in [0.15, 0.2) is 5.78 Å². The minimum absolute atomic E-state index is 0.105. The molecule has 1 heterocycles. The quantitative estimate of drug-likeness (QED) is 0.529. The second-order valence-corrected chi connectivity index (χ2v) is 5.01. The number of Topliss-reactive ketones (excluding diaryl/α,β-unsaturated/α-hetero) is 1. The van der Waals surface area contributed by atoms with E-state index in [9.17, 15) is 4.79 Å². The normalized spacial score (nSPS) is 10.7. The summed E-state index contributed by atoms with van der Waals surface area (Å²) in [5.74, 6) is 0.105. The van der Waals surface area contributed by atoms with Crippen molar-refractivity contribution in [3.63, 3.8) is 0 Å². The highest BCUT2D eigenvalue weighted by atomic mass is 35.5. The SMILES string of the molecule is O=C(Cc1ccccc1)c1ccc2nc(Cl)ccc2c1. The molecule has 2 nitrogen and oxygen atoms in total. The second-order valence-electron chi connectivity index (χ2n) is 4.63. The van der Waals surface area contributed by atoms with Crippen molar-refractivity contribution in [2.24, 2.45) is 0 Å². The monoisotopic (exact) mass is 281 g/mol. The Bertz CT molecular complexity index is 768. The minimum Gasteiger partial charge on any atom is -0.294 e. The van der Waals surface area contributed by atoms with Crippen LogP contribution in [0.15, 0.2) is 60.7 Å². The molecule has 3 heteroatoms. The van der Waals surface area contributed by atoms with Crippen molar-refractivity contribution < 1.29 is 4.79 Å². The molecule has 0 amide bonds. The molecule has 0 aliphatic heterocycles. The molecule has 0 saturated heterocycles. The molecule has 98 valence electrons. The van der Waals surface area contributed by atoms with E-state index in [4.69, 9.17) is 11.6 Å². The Kier molecular flexibility index (Phi) is 3.48. The molecule has 0 radical (unpaired) electrons. The lowest BCUT2D eigenvalue weighted by Crippen LogP contribution is -2.03. The van der Waals surface area contributed by atoms with E-state index in [0.717, 1.165) is 16.5 Å². The lowest BCUT2D eigenvalue weighted by molar-refractivity contribution is 0.0993. The number of carbonyl (C=O) groups excluding carboxylic acids is 1. The van der Waals surface area contributed by atoms with E-state index in [-0.39, 0.29) is 5.78 Å². The van der Waals surface area contributed by atoms with Crippen molar-refractivity contribution in [2.45, 2.75) is 6.42 Å². The van der Waals surface area contributed by atoms with Crippen molar-refractivity contribution in [3.05, 3.63) is 76.9 Å². The van der Waals surface area contributed by atoms with Gasteiger partial charge in [-0.1, -0.05) is 41.9 Å². The smallest absolute Gasteiger partial charge is 0.167 e. The van der Waals surface area contributed by atoms with Crippen LogP contribution in [0.3, 0.4) is 0 Å². The van der Waals surface area contributed by atoms with Crippen molar-refractivity contribution in [1.82, 2.24) is 4.98 Å². The first-order valence-electron chi connectivity index (χ1n) is 6.36. The van der Waals surface area contributed by atoms with Crippen LogP contribution >= 0.6 is 11.6 Å². The summed E-state index contributed by atoms with van der Waals surface area (Å²) in [6.45, 7) is 0. The van der Waals surface area contributed by atoms with E-state index in [1.54, 1.807) is 12.1 Å². The summed E-state index contributed by atoms with van der Waals surface area (Å²) in [5, 5.41) is 1.38. The molecular formula is C17H12ClNO. The first-order chi connectivity index (χ1) is 9.72. The number of fused-ring (bicyclic) bond motifs is 1. The maximum Gasteiger partial charge on any atom is 0.167 e. The zero-order valence-electron chi connectivity index (χ0n) is 10.7. The number of aromatic nitrogens is 1. The van der Waals surface area contributed by atoms with Crippen molar-refractivity contribution >= 4 is 28.3 Å². The molecule has 0 unspecified atom stereocenters. The Balaban J connectivity index is 1.90. The van der Waals surface area contributed by atoms with Crippen LogP contribution in [0, 0.1) is 0 Å². The van der Waals surface area contributed by atoms with Crippen LogP contribution in [0.2, 0.25) is 5.15 Å². The number of carbonyl (C=O) groups is 1. The third-order valence-electron chi connectivity index (χ3n) is 3.18. The van der Waals surface area contributed by atoms with Crippen molar-refractivity contribution in [2.75, 3.05) is 0 Å². The zero-order chi connectivity index (χ0) is 13.9. The molecule has 0 fully saturated rings. The summed E-state index contributed by atoms with van der Waals surface area (Å²) < 4.78 is 0. The van der Waals surface area contributed by atoms with E-state index < -0.39 is 0 Å². The summed E-state index contributed by atoms with van der Waals surface area (Å²) in [5.41, 5.74) is 2.52. The van der Waals surface area contributed by atoms with Crippen LogP contribution in [-0.4, -0.2) is 10.8 Å². The predicted octanol–water partition coefficient (Wildman–Crippen LogP) is 4.31. The van der Waals surface area contributed by atoms with Crippen LogP contribution in [0.4, 0.5) is 0 Å². The summed E-state index contributed by atoms with van der Waals surface area (Å²) >= 11 is 5.85. The molecule has 0 saturated carbocycles. The molecule has 0 N–H and O–H groups in total. The van der Waals surface area contributed by atoms with Gasteiger partial charge in [0.2, 0.25) is 0 Å². The van der Waals surface area contributed by atoms with Crippen LogP contribution in [0.5, 0.6) is 0 Å². The number of rotatable bonds is 3. The van der Waals surface area contributed by atoms with Crippen molar-refractivity contribution in [3.8, 4) is 0 Å². The molecule has 3 aromatic rings. The molecule has 1 aromatic heterocycles. The molecule has 0 bridgehead atoms. The molecule has 0 atom stereocenters. The first kappa shape index (κ1) is 12.8. The largest absolute Gasteiger partial charge is 0.294 e. The van der Waals surface area contributed by atoms with Crippen LogP contribution in [-0.2, 0) is 6.42 Å². The summed E-state index contributed by atoms with van der Waals surface area (Å²) in [4.78, 5) is 16.5. The molecule has 2 aromatic carbocycles. The molecule has 20 heavy (non-hydrogen) atoms. The summed E-state index contributed by atoms with van der Waals surface area (Å²) in [7, 11) is 0. The van der Waals surface area contributed by atoms with E-state index in [0.29, 0.717) is 17.1 Å². The number of pyridine rings is 1. The third-order valence-corrected chi connectivity index (χ3v) is 3.40. The second kappa shape index (κ2) is 5.43. The Morgan fingerprint density at radius 2 is 1.80 bits per heavy atom. The number of nitrogens with zero attached hydrogens (tertiary/aromatic N) is 1. The average molecular weight is 282 g/mol. The lowest BCUT2D eigenvalue weighted by Gasteiger charge is -2.04. The standard InChI is InChI=1S/C17H12ClNO/c18-17-9-7-13-11-14(6-8-15(13)19-17)16(20)10-12-4-2-1-3-5-12/h1-9,11H,10H2. The first-order valence-corrected chi connectivity index (χ1v) is 6.73. The number of halogens is 1. The summed E-state index contributed by atoms with van der Waals surface area (Å²) in [6, 6.07) is 18.9. The van der Waals surface area contributed by atoms with Crippen LogP contribution in [0.25, 0.3) is 10.9 Å². The van der Waals surface area contributed by atoms with Gasteiger partial charge in [0.25, 0.3) is 0 Å². The van der Waals surface area contributed by atoms with E-state index in [1.807, 2.05) is 48.5 Å². The van der Waals surface area contributed by atoms with Gasteiger partial charge in [0.05, 0.1) is 5.52 Å². The predicted molar refractivity (Wildman–Crippen MR) is 81.2 cm³/mol. The van der Waals surface area contributed by atoms with E-state index >= 15 is 0 Å². The minimum atomic E-state index is 0.105. The maximum atomic E-state index is 12.3. The number of benzene rings is 2. The highest BCUT2D eigenvalue weighted by Gasteiger charge is 2.08. The van der Waals surface area contributed by atoms with Gasteiger partial charge in [-0.15, -0.1) is 0 Å². The Hall–Kier alpha value is -2.19. The highest BCUT2D eigenvalue weighted by Crippen LogP contribution is 2.18. The van der Waals surface area contributed by atoms with Gasteiger partial charge in [-0.3, -0.25) is 4.79 Å². The molecule has 3 rings (SSSR count). The van der Waals surface area contributed by atoms with E-state index in [1.165, 1.54) is 0 Å². The van der Waals surface area contributed by atoms with Gasteiger partial charge in [-0.2, -0.15) is 0 Å². The number of hydrogen-bond acceptors (Lipinski definition) is 2. The van der Waals surface area contributed by atoms with Crippen LogP contribution in [0.1, 0.15) is 15.9 Å². The molecule has 0 aliphatic rings. The van der Waals surface area contributed by atoms with Gasteiger partial charge in [0.1, 0.15) is 5.15 Å². The topological polar surface area (TPSA) is 30.0 Å². The van der Waals surface area contributed by atoms with Gasteiger partial charge in [-0.25, -0.2) is 4.98 Å². The molecular weight excluding hydrogens is 270 g/mol. The van der Waals surface area contributed by atoms with Gasteiger partial charge in [0, 0.05) is 17.4 Å². The maximum absolute atomic E-state index is 12.3. The molecule has 0 aliphatic carbocycles. The fourth-order valence-electron chi connectivity index (χ4n) is 2.16. The fourth-order valence-corrected chi connectivity index (χ4v) is 2.31. The van der Waals surface area contributed by atoms with E-state index in [2.05, 4.69) is 4.98 Å². The third kappa shape index (κ3) is 2.70. The lowest BCUT2D eigenvalue weighted by atomic mass is 10.0. The highest BCUT2D eigenvalue weighted by molar-refractivity contribution is 6.29. The summed E-state index contributed by atoms with van der Waals surface area (Å²) in [6.07, 6.45) is 0.410. The van der Waals surface area contributed by atoms with Crippen molar-refractivity contribution in [1.29, 1.82) is 0 Å². The van der Waals surface area contributed by atoms with Crippen LogP contribution < -0.4 is 0 Å². The molecule has 0 spiro atoms. The number of ketones is 1. The Morgan fingerprint density at radius 3 is 2.60 bits per heavy atom. The Morgan fingerprint density at radius 1 is 1.00 bits per heavy atom. The fraction of sp³-hybridized carbons (Fsp3) is 0.0588. The van der Waals surface area contributed by atoms with Gasteiger partial charge in [-0.05, 0) is 35.9 Å². The zero-order valence-corrected chi connectivity index (χ0v) is 11.5. The Labute approximate surface area is 122 Å². The van der Waals surface area contributed by atoms with Gasteiger partial charge < -0.3 is 0 Å². The van der Waals surface area contributed by atoms with Gasteiger partial charge >= 0.3 is 0 Å². The number of hydrogen-bond donors (Lipinski definition) is 0.